The molecule has 186 valence electrons. The van der Waals surface area contributed by atoms with E-state index < -0.39 is 6.16 Å². The van der Waals surface area contributed by atoms with Gasteiger partial charge in [-0.25, -0.2) is 9.18 Å². The first-order valence-electron chi connectivity index (χ1n) is 13.3. The molecular formula is C30H41FO3. The molecule has 2 aromatic rings. The maximum Gasteiger partial charge on any atom is 0.514 e. The number of carbonyl (C=O) groups excluding carboxylic acids is 1. The molecule has 0 saturated heterocycles. The Labute approximate surface area is 205 Å². The molecule has 3 rings (SSSR count). The molecule has 1 unspecified atom stereocenters. The highest BCUT2D eigenvalue weighted by Gasteiger charge is 2.22. The van der Waals surface area contributed by atoms with Crippen LogP contribution in [0, 0.1) is 11.7 Å². The number of hydrogen-bond acceptors (Lipinski definition) is 3. The molecule has 1 fully saturated rings. The van der Waals surface area contributed by atoms with Crippen LogP contribution < -0.4 is 4.74 Å². The number of ether oxygens (including phenoxy) is 2. The number of carbonyl (C=O) groups is 1. The van der Waals surface area contributed by atoms with Gasteiger partial charge in [0.1, 0.15) is 17.7 Å². The van der Waals surface area contributed by atoms with Gasteiger partial charge in [-0.1, -0.05) is 70.2 Å². The molecule has 0 amide bonds. The van der Waals surface area contributed by atoms with Gasteiger partial charge in [-0.15, -0.1) is 0 Å². The van der Waals surface area contributed by atoms with Crippen LogP contribution in [0.4, 0.5) is 9.18 Å². The van der Waals surface area contributed by atoms with Crippen LogP contribution in [0.3, 0.4) is 0 Å². The summed E-state index contributed by atoms with van der Waals surface area (Å²) in [5.41, 5.74) is 2.45. The molecule has 0 heterocycles. The van der Waals surface area contributed by atoms with Gasteiger partial charge < -0.3 is 9.47 Å². The van der Waals surface area contributed by atoms with Crippen molar-refractivity contribution >= 4 is 6.16 Å². The van der Waals surface area contributed by atoms with E-state index in [-0.39, 0.29) is 11.9 Å². The van der Waals surface area contributed by atoms with E-state index >= 15 is 0 Å². The highest BCUT2D eigenvalue weighted by atomic mass is 19.1. The van der Waals surface area contributed by atoms with Crippen LogP contribution in [0.15, 0.2) is 42.5 Å². The average Bonchev–Trinajstić information content (AvgIpc) is 2.83. The van der Waals surface area contributed by atoms with E-state index in [0.717, 1.165) is 49.1 Å². The third-order valence-corrected chi connectivity index (χ3v) is 7.14. The molecule has 3 nitrogen and oxygen atoms in total. The van der Waals surface area contributed by atoms with Crippen LogP contribution >= 0.6 is 0 Å². The Morgan fingerprint density at radius 1 is 0.971 bits per heavy atom. The normalized spacial score (nSPS) is 18.9. The Bertz CT molecular complexity index is 884. The topological polar surface area (TPSA) is 35.5 Å². The molecule has 0 aliphatic heterocycles. The molecule has 0 aromatic heterocycles. The predicted molar refractivity (Wildman–Crippen MR) is 137 cm³/mol. The number of hydrogen-bond donors (Lipinski definition) is 0. The molecule has 1 atom stereocenters. The monoisotopic (exact) mass is 468 g/mol. The minimum Gasteiger partial charge on any atom is -0.431 e. The Morgan fingerprint density at radius 3 is 2.35 bits per heavy atom. The first-order valence-corrected chi connectivity index (χ1v) is 13.3. The molecule has 0 radical (unpaired) electrons. The molecule has 0 bridgehead atoms. The highest BCUT2D eigenvalue weighted by molar-refractivity contribution is 5.67. The molecule has 4 heteroatoms. The molecular weight excluding hydrogens is 427 g/mol. The summed E-state index contributed by atoms with van der Waals surface area (Å²) in [6.45, 7) is 6.31. The fourth-order valence-corrected chi connectivity index (χ4v) is 5.12. The van der Waals surface area contributed by atoms with Crippen LogP contribution in [0.2, 0.25) is 0 Å². The average molecular weight is 469 g/mol. The summed E-state index contributed by atoms with van der Waals surface area (Å²) in [7, 11) is 0. The van der Waals surface area contributed by atoms with Crippen molar-refractivity contribution in [1.29, 1.82) is 0 Å². The zero-order chi connectivity index (χ0) is 24.3. The first kappa shape index (κ1) is 26.2. The summed E-state index contributed by atoms with van der Waals surface area (Å²) in [6.07, 6.45) is 11.9. The van der Waals surface area contributed by atoms with Crippen molar-refractivity contribution in [2.45, 2.75) is 103 Å². The Kier molecular flexibility index (Phi) is 10.4. The zero-order valence-electron chi connectivity index (χ0n) is 21.2. The van der Waals surface area contributed by atoms with E-state index in [0.29, 0.717) is 17.2 Å². The minimum absolute atomic E-state index is 0.169. The van der Waals surface area contributed by atoms with E-state index in [1.165, 1.54) is 38.5 Å². The fraction of sp³-hybridized carbons (Fsp3) is 0.567. The summed E-state index contributed by atoms with van der Waals surface area (Å²) in [6, 6.07) is 12.6. The van der Waals surface area contributed by atoms with Gasteiger partial charge in [-0.2, -0.15) is 0 Å². The number of rotatable bonds is 11. The summed E-state index contributed by atoms with van der Waals surface area (Å²) >= 11 is 0. The molecule has 0 N–H and O–H groups in total. The molecule has 1 saturated carbocycles. The van der Waals surface area contributed by atoms with Gasteiger partial charge in [0, 0.05) is 5.56 Å². The van der Waals surface area contributed by atoms with Crippen LogP contribution in [-0.4, -0.2) is 12.3 Å². The molecule has 2 aromatic carbocycles. The quantitative estimate of drug-likeness (QED) is 0.187. The number of benzene rings is 2. The molecule has 1 aliphatic carbocycles. The summed E-state index contributed by atoms with van der Waals surface area (Å²) in [5, 5.41) is 0. The zero-order valence-corrected chi connectivity index (χ0v) is 21.2. The van der Waals surface area contributed by atoms with E-state index in [2.05, 4.69) is 19.9 Å². The van der Waals surface area contributed by atoms with Crippen molar-refractivity contribution in [3.05, 3.63) is 53.8 Å². The molecule has 34 heavy (non-hydrogen) atoms. The second-order valence-electron chi connectivity index (χ2n) is 9.90. The fourth-order valence-electron chi connectivity index (χ4n) is 5.12. The molecule has 1 aliphatic rings. The SMILES string of the molecule is CCCCCCC(C)OC(=O)Oc1ccc(-c2ccc([C@H]3CC[C@H](CCC)CC3)cc2F)cc1. The van der Waals surface area contributed by atoms with Crippen LogP contribution in [-0.2, 0) is 4.74 Å². The van der Waals surface area contributed by atoms with Gasteiger partial charge in [0.15, 0.2) is 0 Å². The lowest BCUT2D eigenvalue weighted by Crippen LogP contribution is -2.18. The Balaban J connectivity index is 1.52. The standard InChI is InChI=1S/C30H41FO3/c1-4-6-7-8-10-22(3)33-30(32)34-27-18-15-25(16-19-27)28-20-17-26(21-29(28)31)24-13-11-23(9-5-2)12-14-24/h15-24H,4-14H2,1-3H3/t22?,23-,24-. The lowest BCUT2D eigenvalue weighted by Gasteiger charge is -2.28. The first-order chi connectivity index (χ1) is 16.5. The Hall–Kier alpha value is -2.36. The predicted octanol–water partition coefficient (Wildman–Crippen LogP) is 9.44. The van der Waals surface area contributed by atoms with Crippen LogP contribution in [0.5, 0.6) is 5.75 Å². The number of halogens is 1. The van der Waals surface area contributed by atoms with E-state index in [4.69, 9.17) is 9.47 Å². The van der Waals surface area contributed by atoms with Gasteiger partial charge >= 0.3 is 6.16 Å². The Morgan fingerprint density at radius 2 is 1.71 bits per heavy atom. The van der Waals surface area contributed by atoms with Crippen molar-refractivity contribution in [3.63, 3.8) is 0 Å². The van der Waals surface area contributed by atoms with E-state index in [1.54, 1.807) is 30.3 Å². The van der Waals surface area contributed by atoms with Crippen molar-refractivity contribution in [2.24, 2.45) is 5.92 Å². The van der Waals surface area contributed by atoms with Gasteiger partial charge in [0.25, 0.3) is 0 Å². The molecule has 0 spiro atoms. The third-order valence-electron chi connectivity index (χ3n) is 7.14. The lowest BCUT2D eigenvalue weighted by molar-refractivity contribution is 0.0613. The van der Waals surface area contributed by atoms with Crippen molar-refractivity contribution in [1.82, 2.24) is 0 Å². The van der Waals surface area contributed by atoms with E-state index in [9.17, 15) is 9.18 Å². The maximum absolute atomic E-state index is 15.0. The minimum atomic E-state index is -0.695. The van der Waals surface area contributed by atoms with Crippen molar-refractivity contribution in [2.75, 3.05) is 0 Å². The summed E-state index contributed by atoms with van der Waals surface area (Å²) in [4.78, 5) is 12.1. The second-order valence-corrected chi connectivity index (χ2v) is 9.90. The largest absolute Gasteiger partial charge is 0.514 e. The summed E-state index contributed by atoms with van der Waals surface area (Å²) < 4.78 is 25.6. The summed E-state index contributed by atoms with van der Waals surface area (Å²) in [5.74, 6) is 1.51. The van der Waals surface area contributed by atoms with Gasteiger partial charge in [-0.05, 0) is 86.6 Å². The highest BCUT2D eigenvalue weighted by Crippen LogP contribution is 2.38. The van der Waals surface area contributed by atoms with Gasteiger partial charge in [-0.3, -0.25) is 0 Å². The second kappa shape index (κ2) is 13.5. The van der Waals surface area contributed by atoms with Crippen molar-refractivity contribution < 1.29 is 18.7 Å². The van der Waals surface area contributed by atoms with Crippen LogP contribution in [0.25, 0.3) is 11.1 Å². The number of unbranched alkanes of at least 4 members (excludes halogenated alkanes) is 3. The lowest BCUT2D eigenvalue weighted by atomic mass is 9.77. The smallest absolute Gasteiger partial charge is 0.431 e. The third kappa shape index (κ3) is 7.85. The van der Waals surface area contributed by atoms with Crippen LogP contribution in [0.1, 0.15) is 103 Å². The maximum atomic E-state index is 15.0. The van der Waals surface area contributed by atoms with Gasteiger partial charge in [0.2, 0.25) is 0 Å². The van der Waals surface area contributed by atoms with Crippen molar-refractivity contribution in [3.8, 4) is 16.9 Å². The van der Waals surface area contributed by atoms with Gasteiger partial charge in [0.05, 0.1) is 0 Å². The van der Waals surface area contributed by atoms with E-state index in [1.807, 2.05) is 13.0 Å².